The number of ether oxygens (including phenoxy) is 1. The lowest BCUT2D eigenvalue weighted by Crippen LogP contribution is -1.94. The lowest BCUT2D eigenvalue weighted by Gasteiger charge is -2.05. The molecule has 1 nitrogen and oxygen atoms in total. The Morgan fingerprint density at radius 2 is 1.75 bits per heavy atom. The van der Waals surface area contributed by atoms with Gasteiger partial charge in [0.1, 0.15) is 12.4 Å². The van der Waals surface area contributed by atoms with Crippen LogP contribution in [0.2, 0.25) is 0 Å². The molecular weight excluding hydrogens is 196 g/mol. The Kier molecular flexibility index (Phi) is 3.39. The van der Waals surface area contributed by atoms with E-state index in [2.05, 4.69) is 12.6 Å². The first kappa shape index (κ1) is 10.5. The summed E-state index contributed by atoms with van der Waals surface area (Å²) in [6, 6.07) is 18.6. The van der Waals surface area contributed by atoms with Crippen molar-refractivity contribution in [1.82, 2.24) is 0 Å². The summed E-state index contributed by atoms with van der Waals surface area (Å²) in [5.41, 5.74) is 2.27. The van der Waals surface area contributed by atoms with Crippen molar-refractivity contribution in [3.05, 3.63) is 72.3 Å². The van der Waals surface area contributed by atoms with Gasteiger partial charge in [-0.1, -0.05) is 49.1 Å². The number of rotatable bonds is 4. The topological polar surface area (TPSA) is 9.23 Å². The Balaban J connectivity index is 1.97. The molecule has 0 N–H and O–H groups in total. The summed E-state index contributed by atoms with van der Waals surface area (Å²) in [4.78, 5) is 0. The average molecular weight is 209 g/mol. The van der Waals surface area contributed by atoms with Crippen molar-refractivity contribution in [3.8, 4) is 5.75 Å². The van der Waals surface area contributed by atoms with Crippen LogP contribution >= 0.6 is 0 Å². The van der Waals surface area contributed by atoms with Crippen LogP contribution in [0.5, 0.6) is 5.75 Å². The standard InChI is InChI=1S/C15H13O/c1-2-13-8-10-14(11-9-13)12-16-15-6-4-3-5-7-15/h2,4-11H,1,12H2. The van der Waals surface area contributed by atoms with Crippen LogP contribution in [0.1, 0.15) is 11.1 Å². The fourth-order valence-corrected chi connectivity index (χ4v) is 1.38. The van der Waals surface area contributed by atoms with Gasteiger partial charge < -0.3 is 4.74 Å². The Morgan fingerprint density at radius 1 is 1.06 bits per heavy atom. The second-order valence-electron chi connectivity index (χ2n) is 3.47. The molecule has 1 heteroatoms. The molecule has 0 saturated heterocycles. The summed E-state index contributed by atoms with van der Waals surface area (Å²) in [5.74, 6) is 0.867. The summed E-state index contributed by atoms with van der Waals surface area (Å²) >= 11 is 0. The minimum Gasteiger partial charge on any atom is -0.489 e. The Hall–Kier alpha value is -2.02. The van der Waals surface area contributed by atoms with Crippen molar-refractivity contribution >= 4 is 6.08 Å². The van der Waals surface area contributed by atoms with E-state index in [1.807, 2.05) is 54.6 Å². The van der Waals surface area contributed by atoms with E-state index in [0.717, 1.165) is 16.9 Å². The Bertz CT molecular complexity index is 443. The summed E-state index contributed by atoms with van der Waals surface area (Å²) in [6.45, 7) is 4.30. The SMILES string of the molecule is C=Cc1ccc(COc2cc[c]cc2)cc1. The van der Waals surface area contributed by atoms with Crippen molar-refractivity contribution in [2.75, 3.05) is 0 Å². The van der Waals surface area contributed by atoms with Gasteiger partial charge in [-0.25, -0.2) is 0 Å². The van der Waals surface area contributed by atoms with Crippen LogP contribution < -0.4 is 4.74 Å². The minimum absolute atomic E-state index is 0.585. The maximum atomic E-state index is 5.62. The molecule has 0 bridgehead atoms. The van der Waals surface area contributed by atoms with E-state index >= 15 is 0 Å². The second-order valence-corrected chi connectivity index (χ2v) is 3.47. The minimum atomic E-state index is 0.585. The highest BCUT2D eigenvalue weighted by atomic mass is 16.5. The first-order chi connectivity index (χ1) is 7.88. The normalized spacial score (nSPS) is 9.75. The lowest BCUT2D eigenvalue weighted by molar-refractivity contribution is 0.306. The van der Waals surface area contributed by atoms with E-state index in [1.165, 1.54) is 0 Å². The molecule has 0 aliphatic carbocycles. The van der Waals surface area contributed by atoms with Crippen molar-refractivity contribution in [3.63, 3.8) is 0 Å². The van der Waals surface area contributed by atoms with E-state index < -0.39 is 0 Å². The third-order valence-electron chi connectivity index (χ3n) is 2.31. The third kappa shape index (κ3) is 2.74. The van der Waals surface area contributed by atoms with Gasteiger partial charge in [0.15, 0.2) is 0 Å². The number of hydrogen-bond acceptors (Lipinski definition) is 1. The molecule has 0 aromatic heterocycles. The summed E-state index contributed by atoms with van der Waals surface area (Å²) in [7, 11) is 0. The zero-order chi connectivity index (χ0) is 11.2. The Labute approximate surface area is 96.0 Å². The highest BCUT2D eigenvalue weighted by Gasteiger charge is 1.94. The van der Waals surface area contributed by atoms with Crippen LogP contribution in [0.4, 0.5) is 0 Å². The molecule has 0 saturated carbocycles. The molecule has 0 heterocycles. The molecule has 0 amide bonds. The van der Waals surface area contributed by atoms with E-state index in [1.54, 1.807) is 0 Å². The molecule has 16 heavy (non-hydrogen) atoms. The summed E-state index contributed by atoms with van der Waals surface area (Å²) in [6.07, 6.45) is 1.83. The average Bonchev–Trinajstić information content (AvgIpc) is 2.38. The predicted octanol–water partition coefficient (Wildman–Crippen LogP) is 3.71. The first-order valence-electron chi connectivity index (χ1n) is 5.19. The van der Waals surface area contributed by atoms with Crippen LogP contribution in [0.15, 0.2) is 55.1 Å². The summed E-state index contributed by atoms with van der Waals surface area (Å²) < 4.78 is 5.62. The lowest BCUT2D eigenvalue weighted by atomic mass is 10.1. The van der Waals surface area contributed by atoms with Gasteiger partial charge in [-0.15, -0.1) is 0 Å². The highest BCUT2D eigenvalue weighted by molar-refractivity contribution is 5.47. The smallest absolute Gasteiger partial charge is 0.119 e. The quantitative estimate of drug-likeness (QED) is 0.745. The molecule has 0 fully saturated rings. The zero-order valence-electron chi connectivity index (χ0n) is 9.02. The predicted molar refractivity (Wildman–Crippen MR) is 66.1 cm³/mol. The van der Waals surface area contributed by atoms with Crippen LogP contribution in [-0.4, -0.2) is 0 Å². The molecule has 0 aliphatic rings. The number of benzene rings is 2. The molecule has 2 aromatic rings. The van der Waals surface area contributed by atoms with Crippen molar-refractivity contribution in [2.24, 2.45) is 0 Å². The van der Waals surface area contributed by atoms with Gasteiger partial charge in [-0.2, -0.15) is 0 Å². The fraction of sp³-hybridized carbons (Fsp3) is 0.0667. The van der Waals surface area contributed by atoms with Crippen molar-refractivity contribution in [1.29, 1.82) is 0 Å². The van der Waals surface area contributed by atoms with Gasteiger partial charge >= 0.3 is 0 Å². The van der Waals surface area contributed by atoms with Crippen LogP contribution in [-0.2, 0) is 6.61 Å². The largest absolute Gasteiger partial charge is 0.489 e. The van der Waals surface area contributed by atoms with Gasteiger partial charge in [0.25, 0.3) is 0 Å². The fourth-order valence-electron chi connectivity index (χ4n) is 1.38. The van der Waals surface area contributed by atoms with Gasteiger partial charge in [0.2, 0.25) is 0 Å². The molecule has 79 valence electrons. The monoisotopic (exact) mass is 209 g/mol. The number of hydrogen-bond donors (Lipinski definition) is 0. The van der Waals surface area contributed by atoms with Gasteiger partial charge in [-0.3, -0.25) is 0 Å². The van der Waals surface area contributed by atoms with Gasteiger partial charge in [0, 0.05) is 0 Å². The maximum Gasteiger partial charge on any atom is 0.119 e. The summed E-state index contributed by atoms with van der Waals surface area (Å²) in [5, 5.41) is 0. The molecule has 0 atom stereocenters. The van der Waals surface area contributed by atoms with E-state index in [0.29, 0.717) is 6.61 Å². The molecule has 0 spiro atoms. The zero-order valence-corrected chi connectivity index (χ0v) is 9.02. The van der Waals surface area contributed by atoms with Gasteiger partial charge in [-0.05, 0) is 29.3 Å². The van der Waals surface area contributed by atoms with Gasteiger partial charge in [0.05, 0.1) is 0 Å². The molecule has 0 unspecified atom stereocenters. The van der Waals surface area contributed by atoms with Crippen LogP contribution in [0, 0.1) is 6.07 Å². The van der Waals surface area contributed by atoms with Crippen molar-refractivity contribution in [2.45, 2.75) is 6.61 Å². The van der Waals surface area contributed by atoms with Crippen molar-refractivity contribution < 1.29 is 4.74 Å². The second kappa shape index (κ2) is 5.17. The maximum absolute atomic E-state index is 5.62. The first-order valence-corrected chi connectivity index (χ1v) is 5.19. The van der Waals surface area contributed by atoms with E-state index in [9.17, 15) is 0 Å². The van der Waals surface area contributed by atoms with Crippen LogP contribution in [0.25, 0.3) is 6.08 Å². The molecule has 2 aromatic carbocycles. The van der Waals surface area contributed by atoms with Crippen LogP contribution in [0.3, 0.4) is 0 Å². The van der Waals surface area contributed by atoms with E-state index in [4.69, 9.17) is 4.74 Å². The molecule has 2 rings (SSSR count). The third-order valence-corrected chi connectivity index (χ3v) is 2.31. The molecule has 0 aliphatic heterocycles. The Morgan fingerprint density at radius 3 is 2.38 bits per heavy atom. The molecule has 1 radical (unpaired) electrons. The molecular formula is C15H13O. The van der Waals surface area contributed by atoms with E-state index in [-0.39, 0.29) is 0 Å². The highest BCUT2D eigenvalue weighted by Crippen LogP contribution is 2.12.